The second kappa shape index (κ2) is 9.92. The number of alkyl halides is 10. The van der Waals surface area contributed by atoms with Gasteiger partial charge in [0.25, 0.3) is 0 Å². The number of rotatable bonds is 8. The molecule has 34 heavy (non-hydrogen) atoms. The molecule has 0 saturated heterocycles. The van der Waals surface area contributed by atoms with Crippen molar-refractivity contribution in [2.75, 3.05) is 14.2 Å². The van der Waals surface area contributed by atoms with E-state index in [1.54, 1.807) is 0 Å². The van der Waals surface area contributed by atoms with E-state index < -0.39 is 66.0 Å². The van der Waals surface area contributed by atoms with Crippen LogP contribution in [0.25, 0.3) is 0 Å². The van der Waals surface area contributed by atoms with E-state index in [1.807, 2.05) is 0 Å². The molecule has 0 radical (unpaired) electrons. The Hall–Kier alpha value is -3.27. The van der Waals surface area contributed by atoms with E-state index in [2.05, 4.69) is 14.2 Å². The van der Waals surface area contributed by atoms with Gasteiger partial charge in [0, 0.05) is 6.42 Å². The Kier molecular flexibility index (Phi) is 8.39. The summed E-state index contributed by atoms with van der Waals surface area (Å²) in [6, 6.07) is 0.0523. The van der Waals surface area contributed by atoms with Crippen molar-refractivity contribution in [2.24, 2.45) is 0 Å². The van der Waals surface area contributed by atoms with Crippen LogP contribution in [0.15, 0.2) is 18.2 Å². The fourth-order valence-corrected chi connectivity index (χ4v) is 2.15. The minimum atomic E-state index is -6.29. The third kappa shape index (κ3) is 6.19. The van der Waals surface area contributed by atoms with Crippen LogP contribution in [0.4, 0.5) is 43.9 Å². The van der Waals surface area contributed by atoms with Crippen molar-refractivity contribution in [1.29, 1.82) is 0 Å². The van der Waals surface area contributed by atoms with Crippen LogP contribution in [-0.4, -0.2) is 62.3 Å². The fourth-order valence-electron chi connectivity index (χ4n) is 2.15. The Bertz CT molecular complexity index is 928. The van der Waals surface area contributed by atoms with E-state index >= 15 is 0 Å². The summed E-state index contributed by atoms with van der Waals surface area (Å²) in [6.07, 6.45) is -13.4. The second-order valence-electron chi connectivity index (χ2n) is 6.27. The molecule has 1 aromatic rings. The Morgan fingerprint density at radius 2 is 1.38 bits per heavy atom. The number of benzene rings is 1. The molecule has 1 rings (SSSR count). The van der Waals surface area contributed by atoms with Crippen molar-refractivity contribution < 1.29 is 72.5 Å². The van der Waals surface area contributed by atoms with E-state index in [0.29, 0.717) is 13.2 Å². The first-order valence-corrected chi connectivity index (χ1v) is 8.46. The van der Waals surface area contributed by atoms with Gasteiger partial charge in [-0.15, -0.1) is 0 Å². The van der Waals surface area contributed by atoms with Crippen molar-refractivity contribution in [1.82, 2.24) is 5.32 Å². The molecule has 0 bridgehead atoms. The molecule has 0 aromatic heterocycles. The Balaban J connectivity index is 3.17. The minimum absolute atomic E-state index is 0.217. The molecule has 17 heteroatoms. The second-order valence-corrected chi connectivity index (χ2v) is 6.27. The van der Waals surface area contributed by atoms with Crippen LogP contribution >= 0.6 is 0 Å². The maximum atomic E-state index is 13.2. The van der Waals surface area contributed by atoms with Gasteiger partial charge in [0.15, 0.2) is 11.5 Å². The third-order valence-corrected chi connectivity index (χ3v) is 3.92. The van der Waals surface area contributed by atoms with Gasteiger partial charge in [0.05, 0.1) is 14.2 Å². The summed E-state index contributed by atoms with van der Waals surface area (Å²) in [7, 11) is 1.56. The molecular formula is C17H13F10NO6. The van der Waals surface area contributed by atoms with Crippen molar-refractivity contribution in [3.05, 3.63) is 23.8 Å². The SMILES string of the molecule is COC(=O)[C@H](Cc1ccc(OC(=O)C(F)(F)C(F)(F)F)c(OC)c1)NC(=O)C(F)(F)C(F)(F)F. The number of hydrogen-bond donors (Lipinski definition) is 1. The predicted octanol–water partition coefficient (Wildman–Crippen LogP) is 3.20. The molecule has 0 unspecified atom stereocenters. The number of nitrogens with one attached hydrogen (secondary N) is 1. The molecule has 0 aliphatic carbocycles. The molecule has 1 atom stereocenters. The molecule has 1 N–H and O–H groups in total. The fraction of sp³-hybridized carbons (Fsp3) is 0.471. The van der Waals surface area contributed by atoms with Gasteiger partial charge in [-0.1, -0.05) is 6.07 Å². The van der Waals surface area contributed by atoms with Crippen LogP contribution in [0.2, 0.25) is 0 Å². The van der Waals surface area contributed by atoms with Crippen molar-refractivity contribution >= 4 is 17.8 Å². The summed E-state index contributed by atoms with van der Waals surface area (Å²) in [4.78, 5) is 34.3. The number of carbonyl (C=O) groups is 3. The van der Waals surface area contributed by atoms with E-state index in [0.717, 1.165) is 24.6 Å². The molecule has 7 nitrogen and oxygen atoms in total. The van der Waals surface area contributed by atoms with Crippen molar-refractivity contribution in [3.63, 3.8) is 0 Å². The summed E-state index contributed by atoms with van der Waals surface area (Å²) < 4.78 is 139. The quantitative estimate of drug-likeness (QED) is 0.324. The van der Waals surface area contributed by atoms with E-state index in [4.69, 9.17) is 0 Å². The van der Waals surface area contributed by atoms with E-state index in [-0.39, 0.29) is 5.56 Å². The molecular weight excluding hydrogens is 504 g/mol. The number of ether oxygens (including phenoxy) is 3. The first-order valence-electron chi connectivity index (χ1n) is 8.46. The van der Waals surface area contributed by atoms with Crippen LogP contribution in [0.5, 0.6) is 11.5 Å². The zero-order valence-electron chi connectivity index (χ0n) is 16.7. The van der Waals surface area contributed by atoms with Gasteiger partial charge in [0.2, 0.25) is 0 Å². The molecule has 192 valence electrons. The van der Waals surface area contributed by atoms with Crippen LogP contribution in [-0.2, 0) is 25.5 Å². The van der Waals surface area contributed by atoms with Gasteiger partial charge >= 0.3 is 42.0 Å². The molecule has 0 aliphatic rings. The topological polar surface area (TPSA) is 90.9 Å². The van der Waals surface area contributed by atoms with Crippen molar-refractivity contribution in [2.45, 2.75) is 36.7 Å². The number of hydrogen-bond acceptors (Lipinski definition) is 6. The lowest BCUT2D eigenvalue weighted by molar-refractivity contribution is -0.276. The predicted molar refractivity (Wildman–Crippen MR) is 88.3 cm³/mol. The Labute approximate surface area is 182 Å². The van der Waals surface area contributed by atoms with Crippen LogP contribution in [0.1, 0.15) is 5.56 Å². The standard InChI is InChI=1S/C17H13F10NO6/c1-32-10-6-7(3-4-9(10)34-13(31)15(20,21)17(25,26)27)5-8(11(29)33-2)28-12(30)14(18,19)16(22,23)24/h3-4,6,8H,5H2,1-2H3,(H,28,30)/t8-/m0/s1. The molecule has 0 fully saturated rings. The average Bonchev–Trinajstić information content (AvgIpc) is 2.71. The first-order chi connectivity index (χ1) is 15.3. The number of esters is 2. The highest BCUT2D eigenvalue weighted by Gasteiger charge is 2.65. The third-order valence-electron chi connectivity index (χ3n) is 3.92. The number of amides is 1. The Morgan fingerprint density at radius 1 is 0.853 bits per heavy atom. The number of carbonyl (C=O) groups excluding carboxylic acids is 3. The minimum Gasteiger partial charge on any atom is -0.493 e. The molecule has 0 saturated carbocycles. The molecule has 0 spiro atoms. The van der Waals surface area contributed by atoms with Gasteiger partial charge in [-0.3, -0.25) is 4.79 Å². The maximum absolute atomic E-state index is 13.2. The molecule has 1 aromatic carbocycles. The molecule has 0 heterocycles. The zero-order chi connectivity index (χ0) is 26.7. The van der Waals surface area contributed by atoms with Gasteiger partial charge in [-0.05, 0) is 17.7 Å². The van der Waals surface area contributed by atoms with Gasteiger partial charge < -0.3 is 19.5 Å². The lowest BCUT2D eigenvalue weighted by atomic mass is 10.0. The average molecular weight is 517 g/mol. The molecule has 0 aliphatic heterocycles. The van der Waals surface area contributed by atoms with E-state index in [1.165, 1.54) is 0 Å². The van der Waals surface area contributed by atoms with Gasteiger partial charge in [0.1, 0.15) is 6.04 Å². The lowest BCUT2D eigenvalue weighted by Crippen LogP contribution is -2.55. The highest BCUT2D eigenvalue weighted by molar-refractivity contribution is 5.89. The summed E-state index contributed by atoms with van der Waals surface area (Å²) >= 11 is 0. The summed E-state index contributed by atoms with van der Waals surface area (Å²) in [5.74, 6) is -20.8. The van der Waals surface area contributed by atoms with Crippen LogP contribution in [0, 0.1) is 0 Å². The van der Waals surface area contributed by atoms with E-state index in [9.17, 15) is 58.3 Å². The Morgan fingerprint density at radius 3 is 1.82 bits per heavy atom. The number of halogens is 10. The first kappa shape index (κ1) is 28.8. The summed E-state index contributed by atoms with van der Waals surface area (Å²) in [5, 5.41) is 1.15. The maximum Gasteiger partial charge on any atom is 0.465 e. The number of methoxy groups -OCH3 is 2. The largest absolute Gasteiger partial charge is 0.493 e. The highest BCUT2D eigenvalue weighted by Crippen LogP contribution is 2.38. The van der Waals surface area contributed by atoms with Crippen molar-refractivity contribution in [3.8, 4) is 11.5 Å². The normalized spacial score (nSPS) is 13.6. The van der Waals surface area contributed by atoms with Crippen LogP contribution < -0.4 is 14.8 Å². The summed E-state index contributed by atoms with van der Waals surface area (Å²) in [5.41, 5.74) is -0.217. The smallest absolute Gasteiger partial charge is 0.465 e. The van der Waals surface area contributed by atoms with Gasteiger partial charge in [-0.2, -0.15) is 43.9 Å². The highest BCUT2D eigenvalue weighted by atomic mass is 19.4. The zero-order valence-corrected chi connectivity index (χ0v) is 16.7. The summed E-state index contributed by atoms with van der Waals surface area (Å²) in [6.45, 7) is 0. The monoisotopic (exact) mass is 517 g/mol. The van der Waals surface area contributed by atoms with Gasteiger partial charge in [-0.25, -0.2) is 9.59 Å². The molecule has 1 amide bonds. The van der Waals surface area contributed by atoms with Crippen LogP contribution in [0.3, 0.4) is 0 Å². The lowest BCUT2D eigenvalue weighted by Gasteiger charge is -2.23.